The van der Waals surface area contributed by atoms with Crippen LogP contribution in [0.4, 0.5) is 0 Å². The molecule has 0 spiro atoms. The minimum atomic E-state index is -0.0313. The number of rotatable bonds is 0. The molecular weight excluding hydrogens is 196 g/mol. The van der Waals surface area contributed by atoms with E-state index < -0.39 is 0 Å². The summed E-state index contributed by atoms with van der Waals surface area (Å²) in [7, 11) is 0. The molecule has 0 aromatic carbocycles. The van der Waals surface area contributed by atoms with Gasteiger partial charge in [0.15, 0.2) is 25.2 Å². The molecule has 0 radical (unpaired) electrons. The topological polar surface area (TPSA) is 36.9 Å². The van der Waals surface area contributed by atoms with Crippen LogP contribution in [0.2, 0.25) is 0 Å². The monoisotopic (exact) mass is 208 g/mol. The summed E-state index contributed by atoms with van der Waals surface area (Å²) in [6, 6.07) is 0. The highest BCUT2D eigenvalue weighted by Crippen LogP contribution is 2.72. The molecule has 6 rings (SSSR count). The maximum atomic E-state index is 5.91. The molecule has 2 aliphatic carbocycles. The molecule has 6 aliphatic rings. The zero-order valence-corrected chi connectivity index (χ0v) is 8.11. The second-order valence-electron chi connectivity index (χ2n) is 5.89. The Morgan fingerprint density at radius 2 is 0.867 bits per heavy atom. The predicted octanol–water partition coefficient (Wildman–Crippen LogP) is 0.526. The Morgan fingerprint density at radius 1 is 0.533 bits per heavy atom. The minimum Gasteiger partial charge on any atom is -0.323 e. The first-order chi connectivity index (χ1) is 7.42. The van der Waals surface area contributed by atoms with Gasteiger partial charge in [-0.2, -0.15) is 0 Å². The van der Waals surface area contributed by atoms with Crippen LogP contribution in [0.1, 0.15) is 6.42 Å². The lowest BCUT2D eigenvalue weighted by atomic mass is 9.67. The van der Waals surface area contributed by atoms with Crippen LogP contribution in [-0.2, 0) is 18.9 Å². The minimum absolute atomic E-state index is 0.0313. The summed E-state index contributed by atoms with van der Waals surface area (Å²) < 4.78 is 23.5. The van der Waals surface area contributed by atoms with Gasteiger partial charge in [-0.15, -0.1) is 0 Å². The average Bonchev–Trinajstić information content (AvgIpc) is 2.93. The van der Waals surface area contributed by atoms with Gasteiger partial charge in [0.25, 0.3) is 0 Å². The molecule has 4 heteroatoms. The van der Waals surface area contributed by atoms with Gasteiger partial charge in [-0.3, -0.25) is 0 Å². The third kappa shape index (κ3) is 0.542. The fourth-order valence-electron chi connectivity index (χ4n) is 5.51. The molecule has 2 bridgehead atoms. The van der Waals surface area contributed by atoms with Crippen molar-refractivity contribution in [2.75, 3.05) is 0 Å². The SMILES string of the molecule is C1C2[C@@H]3[C@H]4O[C@@H]5O[C@@H]6O[C@H](O4)[C@H]2[C@H]6C1[C@@H]53. The molecule has 0 aromatic rings. The molecule has 6 fully saturated rings. The molecule has 2 unspecified atom stereocenters. The Bertz CT molecular complexity index is 310. The van der Waals surface area contributed by atoms with E-state index in [4.69, 9.17) is 18.9 Å². The molecule has 0 N–H and O–H groups in total. The van der Waals surface area contributed by atoms with Crippen molar-refractivity contribution in [3.63, 3.8) is 0 Å². The molecule has 4 heterocycles. The van der Waals surface area contributed by atoms with Crippen molar-refractivity contribution in [2.45, 2.75) is 31.6 Å². The molecule has 2 saturated carbocycles. The third-order valence-corrected chi connectivity index (χ3v) is 5.74. The summed E-state index contributed by atoms with van der Waals surface area (Å²) in [5.74, 6) is 4.04. The van der Waals surface area contributed by atoms with Crippen molar-refractivity contribution in [3.05, 3.63) is 0 Å². The molecule has 0 aromatic heterocycles. The van der Waals surface area contributed by atoms with Crippen molar-refractivity contribution in [1.82, 2.24) is 0 Å². The Hall–Kier alpha value is -0.160. The normalized spacial score (nSPS) is 80.0. The van der Waals surface area contributed by atoms with E-state index in [1.807, 2.05) is 0 Å². The third-order valence-electron chi connectivity index (χ3n) is 5.74. The van der Waals surface area contributed by atoms with Crippen molar-refractivity contribution >= 4 is 0 Å². The maximum Gasteiger partial charge on any atom is 0.167 e. The first-order valence-corrected chi connectivity index (χ1v) is 6.04. The molecule has 4 nitrogen and oxygen atoms in total. The second kappa shape index (κ2) is 1.88. The summed E-state index contributed by atoms with van der Waals surface area (Å²) in [5, 5.41) is 0. The van der Waals surface area contributed by atoms with E-state index in [1.54, 1.807) is 0 Å². The zero-order chi connectivity index (χ0) is 9.31. The first kappa shape index (κ1) is 7.22. The van der Waals surface area contributed by atoms with E-state index in [-0.39, 0.29) is 25.2 Å². The smallest absolute Gasteiger partial charge is 0.167 e. The van der Waals surface area contributed by atoms with E-state index >= 15 is 0 Å². The Kier molecular flexibility index (Phi) is 0.905. The highest BCUT2D eigenvalue weighted by atomic mass is 16.9. The summed E-state index contributed by atoms with van der Waals surface area (Å²) in [5.41, 5.74) is 0. The number of hydrogen-bond acceptors (Lipinski definition) is 4. The maximum absolute atomic E-state index is 5.91. The van der Waals surface area contributed by atoms with Crippen LogP contribution >= 0.6 is 0 Å². The Labute approximate surface area is 86.8 Å². The van der Waals surface area contributed by atoms with E-state index in [0.717, 1.165) is 11.8 Å². The van der Waals surface area contributed by atoms with E-state index in [1.165, 1.54) is 6.42 Å². The molecule has 4 aliphatic heterocycles. The van der Waals surface area contributed by atoms with Crippen molar-refractivity contribution in [1.29, 1.82) is 0 Å². The fraction of sp³-hybridized carbons (Fsp3) is 1.00. The van der Waals surface area contributed by atoms with E-state index in [0.29, 0.717) is 23.7 Å². The molecule has 80 valence electrons. The molecule has 0 amide bonds. The fourth-order valence-corrected chi connectivity index (χ4v) is 5.51. The van der Waals surface area contributed by atoms with Crippen LogP contribution in [-0.4, -0.2) is 25.2 Å². The van der Waals surface area contributed by atoms with Gasteiger partial charge in [0.1, 0.15) is 0 Å². The molecule has 15 heavy (non-hydrogen) atoms. The van der Waals surface area contributed by atoms with Crippen molar-refractivity contribution in [2.24, 2.45) is 35.5 Å². The highest BCUT2D eigenvalue weighted by Gasteiger charge is 2.77. The van der Waals surface area contributed by atoms with Crippen LogP contribution in [0.15, 0.2) is 0 Å². The summed E-state index contributed by atoms with van der Waals surface area (Å²) in [6.45, 7) is 0. The van der Waals surface area contributed by atoms with Crippen LogP contribution in [0, 0.1) is 35.5 Å². The van der Waals surface area contributed by atoms with Gasteiger partial charge in [0.2, 0.25) is 0 Å². The average molecular weight is 208 g/mol. The van der Waals surface area contributed by atoms with Crippen LogP contribution in [0.25, 0.3) is 0 Å². The van der Waals surface area contributed by atoms with E-state index in [2.05, 4.69) is 0 Å². The number of hydrogen-bond donors (Lipinski definition) is 0. The van der Waals surface area contributed by atoms with E-state index in [9.17, 15) is 0 Å². The summed E-state index contributed by atoms with van der Waals surface area (Å²) in [4.78, 5) is 0. The predicted molar refractivity (Wildman–Crippen MR) is 45.0 cm³/mol. The van der Waals surface area contributed by atoms with Gasteiger partial charge < -0.3 is 18.9 Å². The lowest BCUT2D eigenvalue weighted by Crippen LogP contribution is -2.49. The first-order valence-electron chi connectivity index (χ1n) is 6.04. The van der Waals surface area contributed by atoms with Gasteiger partial charge in [-0.1, -0.05) is 0 Å². The van der Waals surface area contributed by atoms with Crippen LogP contribution in [0.5, 0.6) is 0 Å². The highest BCUT2D eigenvalue weighted by molar-refractivity contribution is 5.16. The second-order valence-corrected chi connectivity index (χ2v) is 5.89. The van der Waals surface area contributed by atoms with Crippen LogP contribution < -0.4 is 0 Å². The lowest BCUT2D eigenvalue weighted by Gasteiger charge is -2.42. The van der Waals surface area contributed by atoms with Crippen LogP contribution in [0.3, 0.4) is 0 Å². The largest absolute Gasteiger partial charge is 0.323 e. The summed E-state index contributed by atoms with van der Waals surface area (Å²) >= 11 is 0. The quantitative estimate of drug-likeness (QED) is 0.581. The Morgan fingerprint density at radius 3 is 1.20 bits per heavy atom. The molecule has 4 saturated heterocycles. The zero-order valence-electron chi connectivity index (χ0n) is 8.11. The number of ether oxygens (including phenoxy) is 4. The standard InChI is InChI=1S/C11H12O4/c1-2-4-6-3(1)7-5(2)9-12-8(4)14-10(6)13-11(7)15-9/h2-11H,1H2/t2?,3?,4-,5-,6-,7+,8-,9+,10+,11-/m1/s1. The molecule has 10 atom stereocenters. The van der Waals surface area contributed by atoms with Gasteiger partial charge >= 0.3 is 0 Å². The van der Waals surface area contributed by atoms with Gasteiger partial charge in [-0.05, 0) is 18.3 Å². The lowest BCUT2D eigenvalue weighted by molar-refractivity contribution is -0.368. The summed E-state index contributed by atoms with van der Waals surface area (Å²) in [6.07, 6.45) is 1.25. The van der Waals surface area contributed by atoms with Crippen molar-refractivity contribution < 1.29 is 18.9 Å². The van der Waals surface area contributed by atoms with Crippen molar-refractivity contribution in [3.8, 4) is 0 Å². The van der Waals surface area contributed by atoms with Gasteiger partial charge in [0.05, 0.1) is 0 Å². The Balaban J connectivity index is 1.69. The molecular formula is C11H12O4. The van der Waals surface area contributed by atoms with Gasteiger partial charge in [0, 0.05) is 23.7 Å². The van der Waals surface area contributed by atoms with Gasteiger partial charge in [-0.25, -0.2) is 0 Å².